The van der Waals surface area contributed by atoms with E-state index in [0.717, 1.165) is 0 Å². The number of likely N-dealkylation sites (tertiary alicyclic amines) is 1. The maximum atomic E-state index is 12.1. The average Bonchev–Trinajstić information content (AvgIpc) is 2.41. The first-order valence-corrected chi connectivity index (χ1v) is 6.35. The number of carboxylic acids is 1. The first kappa shape index (κ1) is 13.4. The molecule has 1 aromatic rings. The number of benzene rings is 1. The predicted molar refractivity (Wildman–Crippen MR) is 68.8 cm³/mol. The van der Waals surface area contributed by atoms with Gasteiger partial charge in [-0.2, -0.15) is 0 Å². The molecule has 0 unspecified atom stereocenters. The molecule has 1 aliphatic heterocycles. The summed E-state index contributed by atoms with van der Waals surface area (Å²) < 4.78 is 0. The Morgan fingerprint density at radius 3 is 2.74 bits per heavy atom. The van der Waals surface area contributed by atoms with E-state index in [9.17, 15) is 14.7 Å². The van der Waals surface area contributed by atoms with Crippen LogP contribution in [0.25, 0.3) is 0 Å². The molecule has 19 heavy (non-hydrogen) atoms. The van der Waals surface area contributed by atoms with Crippen molar-refractivity contribution in [1.82, 2.24) is 4.90 Å². The number of phenols is 1. The van der Waals surface area contributed by atoms with Gasteiger partial charge in [0, 0.05) is 18.7 Å². The van der Waals surface area contributed by atoms with Crippen molar-refractivity contribution >= 4 is 11.9 Å². The van der Waals surface area contributed by atoms with Crippen molar-refractivity contribution in [1.29, 1.82) is 0 Å². The van der Waals surface area contributed by atoms with Crippen LogP contribution in [-0.2, 0) is 16.0 Å². The number of piperidine rings is 1. The first-order valence-electron chi connectivity index (χ1n) is 6.35. The van der Waals surface area contributed by atoms with Gasteiger partial charge in [0.15, 0.2) is 0 Å². The number of nitrogens with zero attached hydrogens (tertiary/aromatic N) is 1. The van der Waals surface area contributed by atoms with Crippen LogP contribution in [0.15, 0.2) is 24.3 Å². The zero-order valence-electron chi connectivity index (χ0n) is 10.6. The van der Waals surface area contributed by atoms with Crippen LogP contribution in [0.1, 0.15) is 18.4 Å². The number of para-hydroxylation sites is 1. The summed E-state index contributed by atoms with van der Waals surface area (Å²) in [7, 11) is 0. The summed E-state index contributed by atoms with van der Waals surface area (Å²) >= 11 is 0. The highest BCUT2D eigenvalue weighted by Crippen LogP contribution is 2.20. The van der Waals surface area contributed by atoms with Crippen LogP contribution >= 0.6 is 0 Å². The molecule has 2 rings (SSSR count). The lowest BCUT2D eigenvalue weighted by Crippen LogP contribution is -2.42. The predicted octanol–water partition coefficient (Wildman–Crippen LogP) is 1.26. The fourth-order valence-corrected chi connectivity index (χ4v) is 2.34. The summed E-state index contributed by atoms with van der Waals surface area (Å²) in [5.41, 5.74) is 0.574. The number of hydrogen-bond donors (Lipinski definition) is 2. The molecule has 0 spiro atoms. The van der Waals surface area contributed by atoms with E-state index in [1.165, 1.54) is 0 Å². The van der Waals surface area contributed by atoms with Crippen molar-refractivity contribution in [2.75, 3.05) is 13.1 Å². The quantitative estimate of drug-likeness (QED) is 0.860. The average molecular weight is 263 g/mol. The Bertz CT molecular complexity index is 486. The molecule has 0 aromatic heterocycles. The molecule has 1 heterocycles. The molecule has 1 aliphatic rings. The fourth-order valence-electron chi connectivity index (χ4n) is 2.34. The third kappa shape index (κ3) is 3.24. The van der Waals surface area contributed by atoms with E-state index in [-0.39, 0.29) is 24.6 Å². The highest BCUT2D eigenvalue weighted by molar-refractivity contribution is 5.80. The van der Waals surface area contributed by atoms with Crippen molar-refractivity contribution in [2.24, 2.45) is 5.92 Å². The minimum atomic E-state index is -0.847. The van der Waals surface area contributed by atoms with E-state index in [4.69, 9.17) is 5.11 Å². The highest BCUT2D eigenvalue weighted by Gasteiger charge is 2.28. The minimum Gasteiger partial charge on any atom is -0.508 e. The molecule has 2 N–H and O–H groups in total. The van der Waals surface area contributed by atoms with Crippen LogP contribution in [0.2, 0.25) is 0 Å². The second-order valence-electron chi connectivity index (χ2n) is 4.82. The van der Waals surface area contributed by atoms with E-state index in [2.05, 4.69) is 0 Å². The van der Waals surface area contributed by atoms with E-state index >= 15 is 0 Å². The Morgan fingerprint density at radius 1 is 1.32 bits per heavy atom. The van der Waals surface area contributed by atoms with Gasteiger partial charge in [0.05, 0.1) is 12.3 Å². The zero-order chi connectivity index (χ0) is 13.8. The summed E-state index contributed by atoms with van der Waals surface area (Å²) in [6.45, 7) is 0.859. The third-order valence-electron chi connectivity index (χ3n) is 3.46. The van der Waals surface area contributed by atoms with Gasteiger partial charge in [-0.05, 0) is 18.9 Å². The Labute approximate surface area is 111 Å². The smallest absolute Gasteiger partial charge is 0.308 e. The minimum absolute atomic E-state index is 0.0997. The number of rotatable bonds is 3. The van der Waals surface area contributed by atoms with Gasteiger partial charge >= 0.3 is 5.97 Å². The lowest BCUT2D eigenvalue weighted by Gasteiger charge is -2.30. The lowest BCUT2D eigenvalue weighted by molar-refractivity contribution is -0.145. The third-order valence-corrected chi connectivity index (χ3v) is 3.46. The highest BCUT2D eigenvalue weighted by atomic mass is 16.4. The van der Waals surface area contributed by atoms with E-state index in [1.54, 1.807) is 29.2 Å². The number of carbonyl (C=O) groups is 2. The number of carbonyl (C=O) groups excluding carboxylic acids is 1. The second-order valence-corrected chi connectivity index (χ2v) is 4.82. The van der Waals surface area contributed by atoms with Gasteiger partial charge in [-0.1, -0.05) is 18.2 Å². The standard InChI is InChI=1S/C14H17NO4/c16-12-6-2-1-4-10(12)8-13(17)15-7-3-5-11(9-15)14(18)19/h1-2,4,6,11,16H,3,5,7-9H2,(H,18,19)/t11-/m0/s1. The molecule has 0 bridgehead atoms. The zero-order valence-corrected chi connectivity index (χ0v) is 10.6. The molecule has 5 nitrogen and oxygen atoms in total. The molecule has 102 valence electrons. The van der Waals surface area contributed by atoms with Crippen molar-refractivity contribution in [3.63, 3.8) is 0 Å². The van der Waals surface area contributed by atoms with Gasteiger partial charge in [-0.3, -0.25) is 9.59 Å². The molecule has 1 fully saturated rings. The summed E-state index contributed by atoms with van der Waals surface area (Å²) in [4.78, 5) is 24.6. The van der Waals surface area contributed by atoms with E-state index in [1.807, 2.05) is 0 Å². The number of aromatic hydroxyl groups is 1. The molecule has 5 heteroatoms. The van der Waals surface area contributed by atoms with Crippen LogP contribution in [0, 0.1) is 5.92 Å². The van der Waals surface area contributed by atoms with Crippen LogP contribution in [0.4, 0.5) is 0 Å². The lowest BCUT2D eigenvalue weighted by atomic mass is 9.97. The molecular formula is C14H17NO4. The van der Waals surface area contributed by atoms with Gasteiger partial charge in [0.25, 0.3) is 0 Å². The van der Waals surface area contributed by atoms with Crippen molar-refractivity contribution in [3.05, 3.63) is 29.8 Å². The summed E-state index contributed by atoms with van der Waals surface area (Å²) in [5, 5.41) is 18.6. The van der Waals surface area contributed by atoms with Crippen LogP contribution < -0.4 is 0 Å². The van der Waals surface area contributed by atoms with Gasteiger partial charge < -0.3 is 15.1 Å². The number of carboxylic acid groups (broad SMARTS) is 1. The molecule has 0 saturated carbocycles. The summed E-state index contributed by atoms with van der Waals surface area (Å²) in [6, 6.07) is 6.70. The van der Waals surface area contributed by atoms with Crippen molar-refractivity contribution < 1.29 is 19.8 Å². The topological polar surface area (TPSA) is 77.8 Å². The summed E-state index contributed by atoms with van der Waals surface area (Å²) in [6.07, 6.45) is 1.44. The van der Waals surface area contributed by atoms with Crippen LogP contribution in [-0.4, -0.2) is 40.1 Å². The number of phenolic OH excluding ortho intramolecular Hbond substituents is 1. The second kappa shape index (κ2) is 5.73. The first-order chi connectivity index (χ1) is 9.08. The Morgan fingerprint density at radius 2 is 2.05 bits per heavy atom. The maximum absolute atomic E-state index is 12.1. The molecule has 1 aromatic carbocycles. The maximum Gasteiger partial charge on any atom is 0.308 e. The van der Waals surface area contributed by atoms with Crippen LogP contribution in [0.5, 0.6) is 5.75 Å². The SMILES string of the molecule is O=C(O)[C@H]1CCCN(C(=O)Cc2ccccc2O)C1. The van der Waals surface area contributed by atoms with E-state index < -0.39 is 11.9 Å². The molecule has 1 saturated heterocycles. The molecule has 1 amide bonds. The number of aliphatic carboxylic acids is 1. The largest absolute Gasteiger partial charge is 0.508 e. The van der Waals surface area contributed by atoms with Gasteiger partial charge in [0.1, 0.15) is 5.75 Å². The Kier molecular flexibility index (Phi) is 4.04. The van der Waals surface area contributed by atoms with Gasteiger partial charge in [0.2, 0.25) is 5.91 Å². The van der Waals surface area contributed by atoms with Crippen LogP contribution in [0.3, 0.4) is 0 Å². The number of amides is 1. The monoisotopic (exact) mass is 263 g/mol. The molecule has 1 atom stereocenters. The number of hydrogen-bond acceptors (Lipinski definition) is 3. The molecule has 0 radical (unpaired) electrons. The van der Waals surface area contributed by atoms with Crippen molar-refractivity contribution in [3.8, 4) is 5.75 Å². The Balaban J connectivity index is 2.00. The normalized spacial score (nSPS) is 19.2. The fraction of sp³-hybridized carbons (Fsp3) is 0.429. The molecule has 0 aliphatic carbocycles. The van der Waals surface area contributed by atoms with E-state index in [0.29, 0.717) is 24.9 Å². The summed E-state index contributed by atoms with van der Waals surface area (Å²) in [5.74, 6) is -1.35. The van der Waals surface area contributed by atoms with Crippen molar-refractivity contribution in [2.45, 2.75) is 19.3 Å². The van der Waals surface area contributed by atoms with Gasteiger partial charge in [-0.15, -0.1) is 0 Å². The Hall–Kier alpha value is -2.04. The van der Waals surface area contributed by atoms with Gasteiger partial charge in [-0.25, -0.2) is 0 Å². The molecular weight excluding hydrogens is 246 g/mol.